The quantitative estimate of drug-likeness (QED) is 0.311. The molecule has 4 aromatic carbocycles. The van der Waals surface area contributed by atoms with Gasteiger partial charge in [-0.1, -0.05) is 102 Å². The first-order chi connectivity index (χ1) is 15.5. The number of ether oxygens (including phenoxy) is 1. The van der Waals surface area contributed by atoms with E-state index in [0.717, 1.165) is 27.8 Å². The topological polar surface area (TPSA) is 46.5 Å². The molecule has 0 heterocycles. The highest BCUT2D eigenvalue weighted by Crippen LogP contribution is 2.39. The molecule has 0 bridgehead atoms. The maximum Gasteiger partial charge on any atom is 0.345 e. The molecule has 0 unspecified atom stereocenters. The van der Waals surface area contributed by atoms with Crippen LogP contribution in [-0.4, -0.2) is 17.2 Å². The van der Waals surface area contributed by atoms with Crippen LogP contribution in [0.2, 0.25) is 10.0 Å². The highest BCUT2D eigenvalue weighted by molar-refractivity contribution is 6.37. The fourth-order valence-electron chi connectivity index (χ4n) is 3.50. The summed E-state index contributed by atoms with van der Waals surface area (Å²) in [5.74, 6) is -0.916. The van der Waals surface area contributed by atoms with Crippen molar-refractivity contribution in [1.82, 2.24) is 0 Å². The van der Waals surface area contributed by atoms with Crippen molar-refractivity contribution in [1.29, 1.82) is 0 Å². The Morgan fingerprint density at radius 3 is 1.84 bits per heavy atom. The molecule has 4 rings (SSSR count). The van der Waals surface area contributed by atoms with Gasteiger partial charge in [-0.2, -0.15) is 0 Å². The largest absolute Gasteiger partial charge is 0.478 e. The van der Waals surface area contributed by atoms with Crippen LogP contribution in [0, 0.1) is 0 Å². The molecular formula is C27H20Cl2O3. The molecule has 0 radical (unpaired) electrons. The van der Waals surface area contributed by atoms with Gasteiger partial charge in [-0.3, -0.25) is 0 Å². The van der Waals surface area contributed by atoms with E-state index in [1.165, 1.54) is 0 Å². The molecule has 0 aliphatic rings. The summed E-state index contributed by atoms with van der Waals surface area (Å²) in [5, 5.41) is 10.2. The number of benzene rings is 4. The lowest BCUT2D eigenvalue weighted by Crippen LogP contribution is -2.29. The van der Waals surface area contributed by atoms with Crippen molar-refractivity contribution < 1.29 is 14.6 Å². The molecule has 0 aliphatic carbocycles. The summed E-state index contributed by atoms with van der Waals surface area (Å²) in [4.78, 5) is 11.8. The van der Waals surface area contributed by atoms with Gasteiger partial charge in [0.05, 0.1) is 10.0 Å². The third kappa shape index (κ3) is 5.13. The van der Waals surface area contributed by atoms with Crippen molar-refractivity contribution in [2.45, 2.75) is 12.5 Å². The van der Waals surface area contributed by atoms with E-state index in [4.69, 9.17) is 27.9 Å². The Labute approximate surface area is 196 Å². The highest BCUT2D eigenvalue weighted by atomic mass is 35.5. The van der Waals surface area contributed by atoms with Gasteiger partial charge in [-0.15, -0.1) is 0 Å². The lowest BCUT2D eigenvalue weighted by molar-refractivity contribution is -0.145. The van der Waals surface area contributed by atoms with E-state index >= 15 is 0 Å². The molecule has 4 aromatic rings. The predicted octanol–water partition coefficient (Wildman–Crippen LogP) is 7.40. The molecule has 1 atom stereocenters. The average molecular weight is 463 g/mol. The first-order valence-corrected chi connectivity index (χ1v) is 10.8. The second-order valence-corrected chi connectivity index (χ2v) is 8.16. The summed E-state index contributed by atoms with van der Waals surface area (Å²) in [6.45, 7) is 0. The number of carboxylic acids is 1. The van der Waals surface area contributed by atoms with Gasteiger partial charge in [0.15, 0.2) is 11.9 Å². The smallest absolute Gasteiger partial charge is 0.345 e. The van der Waals surface area contributed by atoms with Gasteiger partial charge >= 0.3 is 5.97 Å². The van der Waals surface area contributed by atoms with Gasteiger partial charge in [0, 0.05) is 6.42 Å². The summed E-state index contributed by atoms with van der Waals surface area (Å²) in [6.07, 6.45) is -0.913. The summed E-state index contributed by atoms with van der Waals surface area (Å²) in [6, 6.07) is 30.9. The molecular weight excluding hydrogens is 443 g/mol. The van der Waals surface area contributed by atoms with E-state index in [2.05, 4.69) is 18.2 Å². The summed E-state index contributed by atoms with van der Waals surface area (Å²) in [5.41, 5.74) is 4.79. The van der Waals surface area contributed by atoms with Crippen LogP contribution in [0.25, 0.3) is 22.3 Å². The van der Waals surface area contributed by atoms with E-state index in [9.17, 15) is 9.90 Å². The average Bonchev–Trinajstić information content (AvgIpc) is 2.81. The number of aliphatic carboxylic acids is 1. The van der Waals surface area contributed by atoms with Gasteiger partial charge < -0.3 is 9.84 Å². The Kier molecular flexibility index (Phi) is 6.79. The van der Waals surface area contributed by atoms with Crippen molar-refractivity contribution in [3.05, 3.63) is 113 Å². The second-order valence-electron chi connectivity index (χ2n) is 7.35. The Morgan fingerprint density at radius 1 is 0.719 bits per heavy atom. The molecule has 0 fully saturated rings. The van der Waals surface area contributed by atoms with E-state index in [1.807, 2.05) is 66.7 Å². The normalized spacial score (nSPS) is 11.7. The number of hydrogen-bond acceptors (Lipinski definition) is 2. The second kappa shape index (κ2) is 9.90. The van der Waals surface area contributed by atoms with Crippen LogP contribution in [0.1, 0.15) is 5.56 Å². The summed E-state index contributed by atoms with van der Waals surface area (Å²) >= 11 is 13.0. The Bertz CT molecular complexity index is 1200. The lowest BCUT2D eigenvalue weighted by atomic mass is 9.99. The zero-order chi connectivity index (χ0) is 22.5. The predicted molar refractivity (Wildman–Crippen MR) is 130 cm³/mol. The molecule has 1 N–H and O–H groups in total. The van der Waals surface area contributed by atoms with Crippen LogP contribution < -0.4 is 4.74 Å². The van der Waals surface area contributed by atoms with Crippen molar-refractivity contribution in [2.24, 2.45) is 0 Å². The van der Waals surface area contributed by atoms with Crippen LogP contribution in [0.4, 0.5) is 0 Å². The number of rotatable bonds is 7. The van der Waals surface area contributed by atoms with E-state index < -0.39 is 12.1 Å². The van der Waals surface area contributed by atoms with E-state index in [-0.39, 0.29) is 22.2 Å². The van der Waals surface area contributed by atoms with Crippen molar-refractivity contribution >= 4 is 29.2 Å². The minimum absolute atomic E-state index is 0.166. The lowest BCUT2D eigenvalue weighted by Gasteiger charge is -2.18. The zero-order valence-corrected chi connectivity index (χ0v) is 18.6. The number of carbonyl (C=O) groups is 1. The molecule has 0 saturated carbocycles. The Balaban J connectivity index is 1.62. The van der Waals surface area contributed by atoms with E-state index in [0.29, 0.717) is 0 Å². The highest BCUT2D eigenvalue weighted by Gasteiger charge is 2.23. The first-order valence-electron chi connectivity index (χ1n) is 10.1. The molecule has 0 saturated heterocycles. The van der Waals surface area contributed by atoms with Crippen LogP contribution in [0.3, 0.4) is 0 Å². The summed E-state index contributed by atoms with van der Waals surface area (Å²) < 4.78 is 5.76. The fraction of sp³-hybridized carbons (Fsp3) is 0.0741. The van der Waals surface area contributed by atoms with Crippen LogP contribution in [0.5, 0.6) is 5.75 Å². The minimum atomic E-state index is -1.11. The SMILES string of the molecule is O=C(O)[C@@H](Cc1ccccc1)Oc1c(Cl)cc(-c2cccc(-c3ccccc3)c2)cc1Cl. The van der Waals surface area contributed by atoms with Gasteiger partial charge in [0.1, 0.15) is 0 Å². The molecule has 160 valence electrons. The van der Waals surface area contributed by atoms with E-state index in [1.54, 1.807) is 12.1 Å². The number of halogens is 2. The van der Waals surface area contributed by atoms with Crippen molar-refractivity contribution in [2.75, 3.05) is 0 Å². The molecule has 5 heteroatoms. The van der Waals surface area contributed by atoms with Crippen LogP contribution in [0.15, 0.2) is 97.1 Å². The maximum absolute atomic E-state index is 11.8. The molecule has 0 aromatic heterocycles. The maximum atomic E-state index is 11.8. The van der Waals surface area contributed by atoms with Gasteiger partial charge in [0.2, 0.25) is 0 Å². The van der Waals surface area contributed by atoms with Crippen LogP contribution >= 0.6 is 23.2 Å². The molecule has 0 spiro atoms. The summed E-state index contributed by atoms with van der Waals surface area (Å²) in [7, 11) is 0. The standard InChI is InChI=1S/C27H20Cl2O3/c28-23-16-22(21-13-7-12-20(15-21)19-10-5-2-6-11-19)17-24(29)26(23)32-25(27(30)31)14-18-8-3-1-4-9-18/h1-13,15-17,25H,14H2,(H,30,31)/t25-/m1/s1. The number of carboxylic acid groups (broad SMARTS) is 1. The van der Waals surface area contributed by atoms with Crippen LogP contribution in [-0.2, 0) is 11.2 Å². The third-order valence-electron chi connectivity index (χ3n) is 5.10. The molecule has 0 amide bonds. The zero-order valence-electron chi connectivity index (χ0n) is 17.0. The molecule has 32 heavy (non-hydrogen) atoms. The Hall–Kier alpha value is -3.27. The fourth-order valence-corrected chi connectivity index (χ4v) is 4.07. The van der Waals surface area contributed by atoms with Gasteiger partial charge in [0.25, 0.3) is 0 Å². The van der Waals surface area contributed by atoms with Gasteiger partial charge in [-0.25, -0.2) is 4.79 Å². The minimum Gasteiger partial charge on any atom is -0.478 e. The van der Waals surface area contributed by atoms with Crippen molar-refractivity contribution in [3.8, 4) is 28.0 Å². The first kappa shape index (κ1) is 21.9. The van der Waals surface area contributed by atoms with Gasteiger partial charge in [-0.05, 0) is 46.0 Å². The molecule has 0 aliphatic heterocycles. The molecule has 3 nitrogen and oxygen atoms in total. The monoisotopic (exact) mass is 462 g/mol. The number of hydrogen-bond donors (Lipinski definition) is 1. The Morgan fingerprint density at radius 2 is 1.25 bits per heavy atom. The third-order valence-corrected chi connectivity index (χ3v) is 5.66. The van der Waals surface area contributed by atoms with Crippen molar-refractivity contribution in [3.63, 3.8) is 0 Å².